The van der Waals surface area contributed by atoms with E-state index in [2.05, 4.69) is 39.8 Å². The van der Waals surface area contributed by atoms with Crippen LogP contribution in [0.2, 0.25) is 0 Å². The number of fused-ring (bicyclic) bond motifs is 1. The lowest BCUT2D eigenvalue weighted by atomic mass is 9.62. The highest BCUT2D eigenvalue weighted by Crippen LogP contribution is 2.47. The van der Waals surface area contributed by atoms with Gasteiger partial charge in [-0.15, -0.1) is 0 Å². The Bertz CT molecular complexity index is 862. The van der Waals surface area contributed by atoms with Gasteiger partial charge in [-0.05, 0) is 64.5 Å². The summed E-state index contributed by atoms with van der Waals surface area (Å²) in [6.45, 7) is 11.0. The number of rotatable bonds is 3. The van der Waals surface area contributed by atoms with E-state index in [0.29, 0.717) is 5.56 Å². The molecule has 1 aliphatic carbocycles. The summed E-state index contributed by atoms with van der Waals surface area (Å²) in [6.07, 6.45) is 1.28. The second kappa shape index (κ2) is 6.24. The minimum Gasteiger partial charge on any atom is -0.478 e. The van der Waals surface area contributed by atoms with E-state index in [-0.39, 0.29) is 16.4 Å². The SMILES string of the molecule is Cc1cc2c(cc1C(O)c1ccccc1C(=O)O)C(C)(C)CCC2(C)C. The van der Waals surface area contributed by atoms with Gasteiger partial charge < -0.3 is 10.2 Å². The minimum absolute atomic E-state index is 0.0410. The number of benzene rings is 2. The summed E-state index contributed by atoms with van der Waals surface area (Å²) in [5.41, 5.74) is 5.14. The number of aliphatic hydroxyl groups is 1. The Balaban J connectivity index is 2.18. The van der Waals surface area contributed by atoms with Crippen molar-refractivity contribution in [3.63, 3.8) is 0 Å². The van der Waals surface area contributed by atoms with Crippen LogP contribution in [0.1, 0.15) is 84.8 Å². The fraction of sp³-hybridized carbons (Fsp3) is 0.435. The largest absolute Gasteiger partial charge is 0.478 e. The number of carbonyl (C=O) groups is 1. The molecular weight excluding hydrogens is 324 g/mol. The lowest BCUT2D eigenvalue weighted by molar-refractivity contribution is 0.0691. The number of aryl methyl sites for hydroxylation is 1. The lowest BCUT2D eigenvalue weighted by Crippen LogP contribution is -2.34. The first-order valence-electron chi connectivity index (χ1n) is 9.20. The third-order valence-electron chi connectivity index (χ3n) is 6.02. The molecule has 0 bridgehead atoms. The molecule has 2 N–H and O–H groups in total. The quantitative estimate of drug-likeness (QED) is 0.806. The molecule has 0 saturated heterocycles. The molecule has 3 rings (SSSR count). The van der Waals surface area contributed by atoms with Crippen LogP contribution < -0.4 is 0 Å². The van der Waals surface area contributed by atoms with Crippen molar-refractivity contribution in [3.05, 3.63) is 69.8 Å². The van der Waals surface area contributed by atoms with E-state index in [1.54, 1.807) is 24.3 Å². The predicted octanol–water partition coefficient (Wildman–Crippen LogP) is 5.12. The smallest absolute Gasteiger partial charge is 0.336 e. The van der Waals surface area contributed by atoms with Crippen molar-refractivity contribution in [2.24, 2.45) is 0 Å². The lowest BCUT2D eigenvalue weighted by Gasteiger charge is -2.42. The van der Waals surface area contributed by atoms with Crippen molar-refractivity contribution in [1.82, 2.24) is 0 Å². The molecule has 3 nitrogen and oxygen atoms in total. The Morgan fingerprint density at radius 3 is 2.08 bits per heavy atom. The first-order valence-corrected chi connectivity index (χ1v) is 9.20. The maximum Gasteiger partial charge on any atom is 0.336 e. The van der Waals surface area contributed by atoms with Gasteiger partial charge in [0.15, 0.2) is 0 Å². The molecule has 138 valence electrons. The molecule has 1 unspecified atom stereocenters. The molecule has 0 heterocycles. The van der Waals surface area contributed by atoms with Crippen LogP contribution in [-0.2, 0) is 10.8 Å². The van der Waals surface area contributed by atoms with E-state index in [1.807, 2.05) is 6.92 Å². The highest BCUT2D eigenvalue weighted by atomic mass is 16.4. The maximum absolute atomic E-state index is 11.6. The highest BCUT2D eigenvalue weighted by Gasteiger charge is 2.38. The fourth-order valence-corrected chi connectivity index (χ4v) is 4.13. The maximum atomic E-state index is 11.6. The number of aliphatic hydroxyl groups excluding tert-OH is 1. The van der Waals surface area contributed by atoms with Gasteiger partial charge in [0, 0.05) is 0 Å². The average Bonchev–Trinajstić information content (AvgIpc) is 2.58. The number of aromatic carboxylic acids is 1. The Hall–Kier alpha value is -2.13. The Morgan fingerprint density at radius 1 is 0.962 bits per heavy atom. The molecule has 0 aliphatic heterocycles. The molecule has 0 saturated carbocycles. The number of carboxylic acids is 1. The minimum atomic E-state index is -1.02. The van der Waals surface area contributed by atoms with Crippen molar-refractivity contribution in [1.29, 1.82) is 0 Å². The normalized spacial score (nSPS) is 18.8. The average molecular weight is 352 g/mol. The number of hydrogen-bond acceptors (Lipinski definition) is 2. The molecule has 1 atom stereocenters. The molecule has 1 aliphatic rings. The first kappa shape index (κ1) is 18.7. The van der Waals surface area contributed by atoms with Crippen molar-refractivity contribution in [2.75, 3.05) is 0 Å². The summed E-state index contributed by atoms with van der Waals surface area (Å²) in [5, 5.41) is 20.5. The Morgan fingerprint density at radius 2 is 1.50 bits per heavy atom. The van der Waals surface area contributed by atoms with Gasteiger partial charge in [0.1, 0.15) is 6.10 Å². The van der Waals surface area contributed by atoms with E-state index in [9.17, 15) is 15.0 Å². The molecule has 2 aromatic carbocycles. The van der Waals surface area contributed by atoms with Crippen molar-refractivity contribution < 1.29 is 15.0 Å². The highest BCUT2D eigenvalue weighted by molar-refractivity contribution is 5.89. The predicted molar refractivity (Wildman–Crippen MR) is 104 cm³/mol. The van der Waals surface area contributed by atoms with Gasteiger partial charge in [0.2, 0.25) is 0 Å². The molecule has 0 amide bonds. The van der Waals surface area contributed by atoms with E-state index in [0.717, 1.165) is 24.0 Å². The van der Waals surface area contributed by atoms with Crippen LogP contribution in [0.4, 0.5) is 0 Å². The molecule has 0 spiro atoms. The Kier molecular flexibility index (Phi) is 4.48. The van der Waals surface area contributed by atoms with Crippen LogP contribution in [0.3, 0.4) is 0 Å². The van der Waals surface area contributed by atoms with Gasteiger partial charge in [-0.25, -0.2) is 4.79 Å². The van der Waals surface area contributed by atoms with Gasteiger partial charge in [0.05, 0.1) is 5.56 Å². The number of carboxylic acid groups (broad SMARTS) is 1. The topological polar surface area (TPSA) is 57.5 Å². The zero-order chi connectivity index (χ0) is 19.3. The van der Waals surface area contributed by atoms with Crippen LogP contribution in [0.25, 0.3) is 0 Å². The van der Waals surface area contributed by atoms with Crippen molar-refractivity contribution in [2.45, 2.75) is 64.4 Å². The van der Waals surface area contributed by atoms with Crippen LogP contribution in [-0.4, -0.2) is 16.2 Å². The monoisotopic (exact) mass is 352 g/mol. The van der Waals surface area contributed by atoms with Gasteiger partial charge in [-0.2, -0.15) is 0 Å². The van der Waals surface area contributed by atoms with Crippen LogP contribution in [0.5, 0.6) is 0 Å². The summed E-state index contributed by atoms with van der Waals surface area (Å²) in [4.78, 5) is 11.6. The van der Waals surface area contributed by atoms with Crippen molar-refractivity contribution >= 4 is 5.97 Å². The van der Waals surface area contributed by atoms with Gasteiger partial charge in [-0.1, -0.05) is 58.0 Å². The molecule has 0 aromatic heterocycles. The van der Waals surface area contributed by atoms with Gasteiger partial charge >= 0.3 is 5.97 Å². The molecule has 3 heteroatoms. The third kappa shape index (κ3) is 3.05. The zero-order valence-electron chi connectivity index (χ0n) is 16.3. The number of hydrogen-bond donors (Lipinski definition) is 2. The van der Waals surface area contributed by atoms with Crippen molar-refractivity contribution in [3.8, 4) is 0 Å². The van der Waals surface area contributed by atoms with E-state index < -0.39 is 12.1 Å². The second-order valence-corrected chi connectivity index (χ2v) is 8.82. The standard InChI is InChI=1S/C23H28O3/c1-14-12-18-19(23(4,5)11-10-22(18,2)3)13-17(14)20(24)15-8-6-7-9-16(15)21(25)26/h6-9,12-13,20,24H,10-11H2,1-5H3,(H,25,26). The second-order valence-electron chi connectivity index (χ2n) is 8.82. The fourth-order valence-electron chi connectivity index (χ4n) is 4.13. The molecule has 0 radical (unpaired) electrons. The summed E-state index contributed by atoms with van der Waals surface area (Å²) < 4.78 is 0. The third-order valence-corrected chi connectivity index (χ3v) is 6.02. The van der Waals surface area contributed by atoms with E-state index in [4.69, 9.17) is 0 Å². The Labute approximate surface area is 155 Å². The molecule has 0 fully saturated rings. The molecular formula is C23H28O3. The summed E-state index contributed by atoms with van der Waals surface area (Å²) in [7, 11) is 0. The summed E-state index contributed by atoms with van der Waals surface area (Å²) >= 11 is 0. The molecule has 2 aromatic rings. The van der Waals surface area contributed by atoms with Crippen LogP contribution in [0, 0.1) is 6.92 Å². The first-order chi connectivity index (χ1) is 12.0. The van der Waals surface area contributed by atoms with E-state index in [1.165, 1.54) is 11.1 Å². The zero-order valence-corrected chi connectivity index (χ0v) is 16.3. The van der Waals surface area contributed by atoms with Gasteiger partial charge in [-0.3, -0.25) is 0 Å². The van der Waals surface area contributed by atoms with Gasteiger partial charge in [0.25, 0.3) is 0 Å². The van der Waals surface area contributed by atoms with E-state index >= 15 is 0 Å². The summed E-state index contributed by atoms with van der Waals surface area (Å²) in [5.74, 6) is -1.02. The van der Waals surface area contributed by atoms with Crippen LogP contribution >= 0.6 is 0 Å². The molecule has 26 heavy (non-hydrogen) atoms. The summed E-state index contributed by atoms with van der Waals surface area (Å²) in [6, 6.07) is 11.0. The van der Waals surface area contributed by atoms with Crippen LogP contribution in [0.15, 0.2) is 36.4 Å².